The summed E-state index contributed by atoms with van der Waals surface area (Å²) in [4.78, 5) is 1.25. The third-order valence-corrected chi connectivity index (χ3v) is 4.66. The number of thioether (sulfide) groups is 1. The number of hydrogen-bond acceptors (Lipinski definition) is 3. The summed E-state index contributed by atoms with van der Waals surface area (Å²) in [5.41, 5.74) is 1.28. The Labute approximate surface area is 120 Å². The van der Waals surface area contributed by atoms with Crippen LogP contribution in [0.5, 0.6) is 0 Å². The summed E-state index contributed by atoms with van der Waals surface area (Å²) in [7, 11) is 0. The zero-order chi connectivity index (χ0) is 13.5. The molecule has 3 heteroatoms. The zero-order valence-electron chi connectivity index (χ0n) is 11.7. The molecule has 2 rings (SSSR count). The highest BCUT2D eigenvalue weighted by Gasteiger charge is 2.15. The van der Waals surface area contributed by atoms with Crippen molar-refractivity contribution < 1.29 is 9.84 Å². The summed E-state index contributed by atoms with van der Waals surface area (Å²) in [6.07, 6.45) is 5.72. The van der Waals surface area contributed by atoms with Crippen LogP contribution in [0.3, 0.4) is 0 Å². The van der Waals surface area contributed by atoms with Gasteiger partial charge < -0.3 is 9.84 Å². The van der Waals surface area contributed by atoms with Gasteiger partial charge in [-0.3, -0.25) is 0 Å². The van der Waals surface area contributed by atoms with Crippen LogP contribution in [0.25, 0.3) is 0 Å². The van der Waals surface area contributed by atoms with Crippen molar-refractivity contribution in [2.75, 3.05) is 12.4 Å². The van der Waals surface area contributed by atoms with E-state index in [4.69, 9.17) is 4.74 Å². The molecule has 1 N–H and O–H groups in total. The first-order valence-electron chi connectivity index (χ1n) is 7.23. The van der Waals surface area contributed by atoms with E-state index in [1.54, 1.807) is 11.8 Å². The van der Waals surface area contributed by atoms with Crippen LogP contribution in [-0.4, -0.2) is 29.7 Å². The molecular weight excluding hydrogens is 256 g/mol. The normalized spacial score (nSPS) is 20.6. The van der Waals surface area contributed by atoms with Gasteiger partial charge in [0.2, 0.25) is 0 Å². The Kier molecular flexibility index (Phi) is 6.21. The van der Waals surface area contributed by atoms with Gasteiger partial charge in [0.15, 0.2) is 0 Å². The van der Waals surface area contributed by atoms with Crippen LogP contribution in [0.4, 0.5) is 0 Å². The van der Waals surface area contributed by atoms with E-state index in [0.29, 0.717) is 6.10 Å². The molecule has 19 heavy (non-hydrogen) atoms. The second kappa shape index (κ2) is 7.93. The standard InChI is InChI=1S/C16H24O2S/c1-13-5-2-9-16(11-13)19-12-14(17)6-3-7-15-8-4-10-18-15/h2,5,9,11,14-15,17H,3-4,6-8,10,12H2,1H3. The molecule has 1 aromatic rings. The predicted molar refractivity (Wildman–Crippen MR) is 80.7 cm³/mol. The van der Waals surface area contributed by atoms with Gasteiger partial charge in [-0.25, -0.2) is 0 Å². The first-order valence-corrected chi connectivity index (χ1v) is 8.22. The van der Waals surface area contributed by atoms with E-state index in [1.807, 2.05) is 0 Å². The second-order valence-electron chi connectivity index (χ2n) is 5.35. The Morgan fingerprint density at radius 1 is 1.47 bits per heavy atom. The van der Waals surface area contributed by atoms with Crippen LogP contribution in [0.2, 0.25) is 0 Å². The first-order chi connectivity index (χ1) is 9.24. The van der Waals surface area contributed by atoms with Crippen molar-refractivity contribution in [3.05, 3.63) is 29.8 Å². The highest BCUT2D eigenvalue weighted by atomic mass is 32.2. The molecule has 0 radical (unpaired) electrons. The van der Waals surface area contributed by atoms with Crippen LogP contribution in [-0.2, 0) is 4.74 Å². The number of aliphatic hydroxyl groups is 1. The van der Waals surface area contributed by atoms with E-state index in [2.05, 4.69) is 31.2 Å². The minimum Gasteiger partial charge on any atom is -0.392 e. The maximum Gasteiger partial charge on any atom is 0.0634 e. The Morgan fingerprint density at radius 3 is 3.11 bits per heavy atom. The van der Waals surface area contributed by atoms with Crippen LogP contribution in [0, 0.1) is 6.92 Å². The molecule has 1 heterocycles. The molecule has 2 unspecified atom stereocenters. The fraction of sp³-hybridized carbons (Fsp3) is 0.625. The zero-order valence-corrected chi connectivity index (χ0v) is 12.5. The molecule has 2 atom stereocenters. The van der Waals surface area contributed by atoms with Gasteiger partial charge in [-0.1, -0.05) is 17.7 Å². The summed E-state index contributed by atoms with van der Waals surface area (Å²) < 4.78 is 5.59. The highest BCUT2D eigenvalue weighted by Crippen LogP contribution is 2.22. The molecular formula is C16H24O2S. The van der Waals surface area contributed by atoms with Crippen molar-refractivity contribution in [1.82, 2.24) is 0 Å². The fourth-order valence-electron chi connectivity index (χ4n) is 2.43. The number of hydrogen-bond donors (Lipinski definition) is 1. The molecule has 1 fully saturated rings. The fourth-order valence-corrected chi connectivity index (χ4v) is 3.43. The molecule has 0 aliphatic carbocycles. The van der Waals surface area contributed by atoms with Gasteiger partial charge >= 0.3 is 0 Å². The van der Waals surface area contributed by atoms with E-state index in [1.165, 1.54) is 23.3 Å². The SMILES string of the molecule is Cc1cccc(SCC(O)CCCC2CCCO2)c1. The topological polar surface area (TPSA) is 29.5 Å². The van der Waals surface area contributed by atoms with Crippen molar-refractivity contribution >= 4 is 11.8 Å². The second-order valence-corrected chi connectivity index (χ2v) is 6.44. The minimum atomic E-state index is -0.202. The Bertz CT molecular complexity index is 375. The van der Waals surface area contributed by atoms with Gasteiger partial charge in [-0.15, -0.1) is 11.8 Å². The van der Waals surface area contributed by atoms with Crippen molar-refractivity contribution in [3.8, 4) is 0 Å². The van der Waals surface area contributed by atoms with E-state index in [-0.39, 0.29) is 6.10 Å². The summed E-state index contributed by atoms with van der Waals surface area (Å²) >= 11 is 1.74. The third-order valence-electron chi connectivity index (χ3n) is 3.52. The summed E-state index contributed by atoms with van der Waals surface area (Å²) in [6.45, 7) is 3.03. The molecule has 1 aliphatic rings. The molecule has 2 nitrogen and oxygen atoms in total. The van der Waals surface area contributed by atoms with Crippen molar-refractivity contribution in [3.63, 3.8) is 0 Å². The lowest BCUT2D eigenvalue weighted by Crippen LogP contribution is -2.12. The average Bonchev–Trinajstić information content (AvgIpc) is 2.90. The van der Waals surface area contributed by atoms with E-state index < -0.39 is 0 Å². The van der Waals surface area contributed by atoms with Crippen LogP contribution < -0.4 is 0 Å². The van der Waals surface area contributed by atoms with E-state index in [9.17, 15) is 5.11 Å². The molecule has 1 aliphatic heterocycles. The van der Waals surface area contributed by atoms with E-state index in [0.717, 1.165) is 31.6 Å². The van der Waals surface area contributed by atoms with Gasteiger partial charge in [0.05, 0.1) is 12.2 Å². The summed E-state index contributed by atoms with van der Waals surface area (Å²) in [5.74, 6) is 0.787. The third kappa shape index (κ3) is 5.55. The molecule has 106 valence electrons. The molecule has 0 amide bonds. The smallest absolute Gasteiger partial charge is 0.0634 e. The van der Waals surface area contributed by atoms with Crippen molar-refractivity contribution in [1.29, 1.82) is 0 Å². The molecule has 1 aromatic carbocycles. The van der Waals surface area contributed by atoms with Gasteiger partial charge in [0.25, 0.3) is 0 Å². The number of ether oxygens (including phenoxy) is 1. The predicted octanol–water partition coefficient (Wildman–Crippen LogP) is 3.80. The summed E-state index contributed by atoms with van der Waals surface area (Å²) in [6, 6.07) is 8.45. The molecule has 0 saturated carbocycles. The lowest BCUT2D eigenvalue weighted by molar-refractivity contribution is 0.0966. The largest absolute Gasteiger partial charge is 0.392 e. The average molecular weight is 280 g/mol. The van der Waals surface area contributed by atoms with Gasteiger partial charge in [0, 0.05) is 17.3 Å². The van der Waals surface area contributed by atoms with E-state index >= 15 is 0 Å². The molecule has 0 aromatic heterocycles. The minimum absolute atomic E-state index is 0.202. The first kappa shape index (κ1) is 14.9. The van der Waals surface area contributed by atoms with Crippen molar-refractivity contribution in [2.45, 2.75) is 56.1 Å². The van der Waals surface area contributed by atoms with Crippen molar-refractivity contribution in [2.24, 2.45) is 0 Å². The van der Waals surface area contributed by atoms with Gasteiger partial charge in [0.1, 0.15) is 0 Å². The summed E-state index contributed by atoms with van der Waals surface area (Å²) in [5, 5.41) is 9.99. The number of aliphatic hydroxyl groups excluding tert-OH is 1. The molecule has 0 bridgehead atoms. The Morgan fingerprint density at radius 2 is 2.37 bits per heavy atom. The Hall–Kier alpha value is -0.510. The van der Waals surface area contributed by atoms with Crippen LogP contribution in [0.1, 0.15) is 37.7 Å². The van der Waals surface area contributed by atoms with Gasteiger partial charge in [-0.05, 0) is 51.2 Å². The number of aryl methyl sites for hydroxylation is 1. The van der Waals surface area contributed by atoms with Gasteiger partial charge in [-0.2, -0.15) is 0 Å². The quantitative estimate of drug-likeness (QED) is 0.770. The lowest BCUT2D eigenvalue weighted by Gasteiger charge is -2.12. The maximum absolute atomic E-state index is 9.99. The Balaban J connectivity index is 1.60. The maximum atomic E-state index is 9.99. The molecule has 1 saturated heterocycles. The van der Waals surface area contributed by atoms with Crippen LogP contribution >= 0.6 is 11.8 Å². The highest BCUT2D eigenvalue weighted by molar-refractivity contribution is 7.99. The lowest BCUT2D eigenvalue weighted by atomic mass is 10.1. The number of benzene rings is 1. The number of rotatable bonds is 7. The molecule has 0 spiro atoms. The van der Waals surface area contributed by atoms with Crippen LogP contribution in [0.15, 0.2) is 29.2 Å². The monoisotopic (exact) mass is 280 g/mol.